The van der Waals surface area contributed by atoms with E-state index in [0.717, 1.165) is 27.9 Å². The number of carbonyl (C=O) groups is 1. The van der Waals surface area contributed by atoms with Crippen LogP contribution in [0.5, 0.6) is 0 Å². The number of fused-ring (bicyclic) bond motifs is 1. The van der Waals surface area contributed by atoms with Gasteiger partial charge in [0.2, 0.25) is 0 Å². The van der Waals surface area contributed by atoms with Gasteiger partial charge in [-0.2, -0.15) is 0 Å². The highest BCUT2D eigenvalue weighted by Gasteiger charge is 2.10. The van der Waals surface area contributed by atoms with Gasteiger partial charge in [0.15, 0.2) is 0 Å². The lowest BCUT2D eigenvalue weighted by Gasteiger charge is -2.09. The van der Waals surface area contributed by atoms with Crippen molar-refractivity contribution in [1.82, 2.24) is 19.9 Å². The molecule has 6 heteroatoms. The summed E-state index contributed by atoms with van der Waals surface area (Å²) in [5.41, 5.74) is 4.25. The highest BCUT2D eigenvalue weighted by molar-refractivity contribution is 5.94. The fraction of sp³-hybridized carbons (Fsp3) is 0.136. The zero-order chi connectivity index (χ0) is 19.7. The summed E-state index contributed by atoms with van der Waals surface area (Å²) >= 11 is 0. The number of rotatable bonds is 4. The highest BCUT2D eigenvalue weighted by Crippen LogP contribution is 2.23. The number of benzene rings is 1. The van der Waals surface area contributed by atoms with Crippen molar-refractivity contribution < 1.29 is 4.79 Å². The van der Waals surface area contributed by atoms with E-state index in [1.54, 1.807) is 36.1 Å². The Balaban J connectivity index is 1.70. The van der Waals surface area contributed by atoms with Gasteiger partial charge in [0, 0.05) is 42.5 Å². The number of aromatic nitrogens is 3. The maximum absolute atomic E-state index is 12.9. The lowest BCUT2D eigenvalue weighted by atomic mass is 10.1. The summed E-state index contributed by atoms with van der Waals surface area (Å²) in [5, 5.41) is 4.03. The number of amides is 1. The van der Waals surface area contributed by atoms with E-state index in [0.29, 0.717) is 17.5 Å². The number of hydrogen-bond acceptors (Lipinski definition) is 3. The average molecular weight is 372 g/mol. The van der Waals surface area contributed by atoms with E-state index in [1.165, 1.54) is 0 Å². The van der Waals surface area contributed by atoms with Gasteiger partial charge >= 0.3 is 0 Å². The second-order valence-corrected chi connectivity index (χ2v) is 6.70. The number of carbonyl (C=O) groups excluding carboxylic acids is 1. The molecule has 0 bridgehead atoms. The van der Waals surface area contributed by atoms with Gasteiger partial charge in [-0.25, -0.2) is 0 Å². The molecule has 3 aromatic heterocycles. The van der Waals surface area contributed by atoms with Gasteiger partial charge < -0.3 is 14.9 Å². The third-order valence-electron chi connectivity index (χ3n) is 4.86. The van der Waals surface area contributed by atoms with Crippen LogP contribution >= 0.6 is 0 Å². The molecule has 0 saturated heterocycles. The molecule has 28 heavy (non-hydrogen) atoms. The third kappa shape index (κ3) is 3.20. The second kappa shape index (κ2) is 7.15. The minimum Gasteiger partial charge on any atom is -0.365 e. The largest absolute Gasteiger partial charge is 0.365 e. The number of aromatic amines is 1. The summed E-state index contributed by atoms with van der Waals surface area (Å²) < 4.78 is 1.63. The first-order valence-electron chi connectivity index (χ1n) is 9.01. The van der Waals surface area contributed by atoms with E-state index in [2.05, 4.69) is 15.3 Å². The van der Waals surface area contributed by atoms with Crippen molar-refractivity contribution in [2.24, 2.45) is 0 Å². The van der Waals surface area contributed by atoms with Gasteiger partial charge in [-0.05, 0) is 48.2 Å². The van der Waals surface area contributed by atoms with Crippen molar-refractivity contribution in [3.63, 3.8) is 0 Å². The smallest absolute Gasteiger partial charge is 0.260 e. The summed E-state index contributed by atoms with van der Waals surface area (Å²) in [7, 11) is 1.60. The van der Waals surface area contributed by atoms with Crippen molar-refractivity contribution in [2.75, 3.05) is 7.05 Å². The lowest BCUT2D eigenvalue weighted by Crippen LogP contribution is -2.21. The topological polar surface area (TPSA) is 79.8 Å². The van der Waals surface area contributed by atoms with E-state index in [4.69, 9.17) is 0 Å². The summed E-state index contributed by atoms with van der Waals surface area (Å²) in [5.74, 6) is -0.149. The van der Waals surface area contributed by atoms with Gasteiger partial charge in [0.25, 0.3) is 11.5 Å². The minimum absolute atomic E-state index is 0.104. The molecule has 0 radical (unpaired) electrons. The molecule has 6 nitrogen and oxygen atoms in total. The zero-order valence-corrected chi connectivity index (χ0v) is 15.7. The fourth-order valence-electron chi connectivity index (χ4n) is 3.33. The minimum atomic E-state index is -0.149. The predicted octanol–water partition coefficient (Wildman–Crippen LogP) is 3.11. The van der Waals surface area contributed by atoms with Crippen LogP contribution in [-0.2, 0) is 6.54 Å². The summed E-state index contributed by atoms with van der Waals surface area (Å²) in [6.45, 7) is 2.38. The van der Waals surface area contributed by atoms with Gasteiger partial charge in [-0.3, -0.25) is 14.6 Å². The Kier molecular flexibility index (Phi) is 4.53. The van der Waals surface area contributed by atoms with Crippen LogP contribution in [0.1, 0.15) is 21.6 Å². The fourth-order valence-corrected chi connectivity index (χ4v) is 3.33. The van der Waals surface area contributed by atoms with Crippen molar-refractivity contribution in [2.45, 2.75) is 13.5 Å². The lowest BCUT2D eigenvalue weighted by molar-refractivity contribution is 0.0963. The molecule has 4 rings (SSSR count). The molecule has 1 amide bonds. The molecule has 4 aromatic rings. The number of nitrogens with zero attached hydrogens (tertiary/aromatic N) is 2. The van der Waals surface area contributed by atoms with Crippen LogP contribution in [0, 0.1) is 6.92 Å². The molecule has 3 heterocycles. The first-order chi connectivity index (χ1) is 13.6. The predicted molar refractivity (Wildman–Crippen MR) is 109 cm³/mol. The molecule has 0 atom stereocenters. The van der Waals surface area contributed by atoms with Crippen LogP contribution in [0.3, 0.4) is 0 Å². The molecule has 0 spiro atoms. The Morgan fingerprint density at radius 1 is 1.21 bits per heavy atom. The van der Waals surface area contributed by atoms with Crippen LogP contribution in [0.4, 0.5) is 0 Å². The number of H-pyrrole nitrogens is 1. The first-order valence-corrected chi connectivity index (χ1v) is 9.01. The van der Waals surface area contributed by atoms with Gasteiger partial charge in [0.05, 0.1) is 17.6 Å². The van der Waals surface area contributed by atoms with Crippen LogP contribution < -0.4 is 10.9 Å². The monoisotopic (exact) mass is 372 g/mol. The Bertz CT molecular complexity index is 1240. The molecule has 0 aliphatic heterocycles. The zero-order valence-electron chi connectivity index (χ0n) is 15.7. The Morgan fingerprint density at radius 3 is 2.82 bits per heavy atom. The normalized spacial score (nSPS) is 10.9. The van der Waals surface area contributed by atoms with Crippen molar-refractivity contribution in [3.8, 4) is 11.3 Å². The summed E-state index contributed by atoms with van der Waals surface area (Å²) in [6, 6.07) is 13.1. The summed E-state index contributed by atoms with van der Waals surface area (Å²) in [4.78, 5) is 32.4. The molecule has 0 aliphatic carbocycles. The number of aryl methyl sites for hydroxylation is 1. The summed E-state index contributed by atoms with van der Waals surface area (Å²) in [6.07, 6.45) is 5.29. The number of nitrogens with one attached hydrogen (secondary N) is 2. The van der Waals surface area contributed by atoms with E-state index in [9.17, 15) is 9.59 Å². The molecular weight excluding hydrogens is 352 g/mol. The van der Waals surface area contributed by atoms with Crippen molar-refractivity contribution >= 4 is 16.7 Å². The molecule has 0 saturated carbocycles. The molecule has 0 fully saturated rings. The first kappa shape index (κ1) is 17.7. The molecule has 0 aliphatic rings. The quantitative estimate of drug-likeness (QED) is 0.578. The average Bonchev–Trinajstić information content (AvgIpc) is 3.15. The van der Waals surface area contributed by atoms with E-state index < -0.39 is 0 Å². The Morgan fingerprint density at radius 2 is 2.07 bits per heavy atom. The van der Waals surface area contributed by atoms with Crippen molar-refractivity contribution in [1.29, 1.82) is 0 Å². The highest BCUT2D eigenvalue weighted by atomic mass is 16.1. The van der Waals surface area contributed by atoms with Gasteiger partial charge in [-0.1, -0.05) is 12.1 Å². The molecule has 1 aromatic carbocycles. The van der Waals surface area contributed by atoms with E-state index in [-0.39, 0.29) is 11.5 Å². The standard InChI is InChI=1S/C22H20N4O2/c1-14-18(6-8-24-14)20-11-16-7-9-26(22(28)19(16)12-25-20)13-15-4-3-5-17(10-15)21(27)23-2/h3-12,24H,13H2,1-2H3,(H,23,27). The Hall–Kier alpha value is -3.67. The molecule has 140 valence electrons. The molecule has 2 N–H and O–H groups in total. The second-order valence-electron chi connectivity index (χ2n) is 6.70. The van der Waals surface area contributed by atoms with Crippen LogP contribution in [0.2, 0.25) is 0 Å². The van der Waals surface area contributed by atoms with Crippen molar-refractivity contribution in [3.05, 3.63) is 88.2 Å². The maximum Gasteiger partial charge on any atom is 0.260 e. The SMILES string of the molecule is CNC(=O)c1cccc(Cn2ccc3cc(-c4cc[nH]c4C)ncc3c2=O)c1. The number of pyridine rings is 2. The molecular formula is C22H20N4O2. The van der Waals surface area contributed by atoms with Crippen LogP contribution in [0.15, 0.2) is 65.8 Å². The van der Waals surface area contributed by atoms with E-state index in [1.807, 2.05) is 43.5 Å². The van der Waals surface area contributed by atoms with Gasteiger partial charge in [-0.15, -0.1) is 0 Å². The number of hydrogen-bond donors (Lipinski definition) is 2. The van der Waals surface area contributed by atoms with Crippen LogP contribution in [0.25, 0.3) is 22.0 Å². The Labute approximate surface area is 161 Å². The van der Waals surface area contributed by atoms with Gasteiger partial charge in [0.1, 0.15) is 0 Å². The van der Waals surface area contributed by atoms with E-state index >= 15 is 0 Å². The van der Waals surface area contributed by atoms with Crippen LogP contribution in [-0.4, -0.2) is 27.5 Å². The molecule has 0 unspecified atom stereocenters. The third-order valence-corrected chi connectivity index (χ3v) is 4.86. The maximum atomic E-state index is 12.9.